The number of benzene rings is 3. The van der Waals surface area contributed by atoms with Gasteiger partial charge in [-0.2, -0.15) is 0 Å². The molecule has 1 heterocycles. The minimum Gasteiger partial charge on any atom is -0.507 e. The molecule has 188 valence electrons. The van der Waals surface area contributed by atoms with Gasteiger partial charge in [0.15, 0.2) is 0 Å². The third-order valence-corrected chi connectivity index (χ3v) is 6.45. The molecular weight excluding hydrogens is 458 g/mol. The van der Waals surface area contributed by atoms with Gasteiger partial charge in [-0.25, -0.2) is 8.78 Å². The SMILES string of the molecule is CC(C)(C)CC(CNC(=O)c1ccccc1O)N1CC(c2cc(F)ccc2F)=C[C@H]1c1ccccc1. The highest BCUT2D eigenvalue weighted by atomic mass is 19.1. The number of hydrogen-bond donors (Lipinski definition) is 2. The predicted molar refractivity (Wildman–Crippen MR) is 139 cm³/mol. The van der Waals surface area contributed by atoms with Gasteiger partial charge in [0.05, 0.1) is 11.6 Å². The van der Waals surface area contributed by atoms with Crippen molar-refractivity contribution in [1.29, 1.82) is 0 Å². The Morgan fingerprint density at radius 2 is 1.75 bits per heavy atom. The van der Waals surface area contributed by atoms with Crippen molar-refractivity contribution in [2.45, 2.75) is 39.3 Å². The van der Waals surface area contributed by atoms with Crippen molar-refractivity contribution in [1.82, 2.24) is 10.2 Å². The molecule has 0 aromatic heterocycles. The first kappa shape index (κ1) is 25.6. The van der Waals surface area contributed by atoms with Crippen LogP contribution in [0.1, 0.15) is 54.7 Å². The predicted octanol–water partition coefficient (Wildman–Crippen LogP) is 6.35. The Kier molecular flexibility index (Phi) is 7.55. The number of halogens is 2. The molecule has 0 bridgehead atoms. The summed E-state index contributed by atoms with van der Waals surface area (Å²) in [6, 6.07) is 19.6. The van der Waals surface area contributed by atoms with E-state index in [2.05, 4.69) is 31.0 Å². The molecule has 36 heavy (non-hydrogen) atoms. The summed E-state index contributed by atoms with van der Waals surface area (Å²) in [5.74, 6) is -1.37. The molecule has 4 rings (SSSR count). The average Bonchev–Trinajstić information content (AvgIpc) is 3.28. The summed E-state index contributed by atoms with van der Waals surface area (Å²) in [4.78, 5) is 15.1. The molecule has 0 spiro atoms. The Hall–Kier alpha value is -3.51. The van der Waals surface area contributed by atoms with Gasteiger partial charge in [-0.05, 0) is 53.3 Å². The fourth-order valence-corrected chi connectivity index (χ4v) is 4.83. The van der Waals surface area contributed by atoms with E-state index in [1.54, 1.807) is 18.2 Å². The Bertz CT molecular complexity index is 1250. The van der Waals surface area contributed by atoms with E-state index >= 15 is 0 Å². The maximum atomic E-state index is 14.7. The highest BCUT2D eigenvalue weighted by Crippen LogP contribution is 2.39. The minimum absolute atomic E-state index is 0.0572. The number of hydrogen-bond acceptors (Lipinski definition) is 3. The van der Waals surface area contributed by atoms with Crippen LogP contribution in [0.25, 0.3) is 5.57 Å². The standard InChI is InChI=1S/C30H32F2N2O2/c1-30(2,3)17-23(18-33-29(36)24-11-7-8-12-28(24)35)34-19-21(25-16-22(31)13-14-26(25)32)15-27(34)20-9-5-4-6-10-20/h4-16,23,27,35H,17-19H2,1-3H3,(H,33,36)/t23?,27-/m0/s1. The first-order chi connectivity index (χ1) is 17.1. The van der Waals surface area contributed by atoms with Crippen molar-refractivity contribution < 1.29 is 18.7 Å². The van der Waals surface area contributed by atoms with Crippen LogP contribution in [0.5, 0.6) is 5.75 Å². The van der Waals surface area contributed by atoms with Crippen molar-refractivity contribution in [3.63, 3.8) is 0 Å². The minimum atomic E-state index is -0.483. The molecule has 3 aromatic rings. The molecular formula is C30H32F2N2O2. The zero-order valence-electron chi connectivity index (χ0n) is 20.8. The molecule has 1 amide bonds. The Balaban J connectivity index is 1.66. The lowest BCUT2D eigenvalue weighted by atomic mass is 9.86. The van der Waals surface area contributed by atoms with Crippen molar-refractivity contribution in [2.75, 3.05) is 13.1 Å². The molecule has 3 aromatic carbocycles. The van der Waals surface area contributed by atoms with E-state index in [4.69, 9.17) is 0 Å². The van der Waals surface area contributed by atoms with Crippen molar-refractivity contribution in [3.8, 4) is 5.75 Å². The van der Waals surface area contributed by atoms with Crippen molar-refractivity contribution in [3.05, 3.63) is 107 Å². The molecule has 0 fully saturated rings. The topological polar surface area (TPSA) is 52.6 Å². The third-order valence-electron chi connectivity index (χ3n) is 6.45. The van der Waals surface area contributed by atoms with E-state index in [0.717, 1.165) is 24.1 Å². The quantitative estimate of drug-likeness (QED) is 0.406. The Morgan fingerprint density at radius 3 is 2.44 bits per heavy atom. The molecule has 2 atom stereocenters. The van der Waals surface area contributed by atoms with Crippen LogP contribution in [-0.2, 0) is 0 Å². The first-order valence-electron chi connectivity index (χ1n) is 12.2. The van der Waals surface area contributed by atoms with Gasteiger partial charge in [-0.3, -0.25) is 9.69 Å². The fourth-order valence-electron chi connectivity index (χ4n) is 4.83. The number of amides is 1. The van der Waals surface area contributed by atoms with E-state index in [0.29, 0.717) is 18.7 Å². The van der Waals surface area contributed by atoms with Crippen LogP contribution in [-0.4, -0.2) is 35.0 Å². The molecule has 0 saturated carbocycles. The van der Waals surface area contributed by atoms with Gasteiger partial charge in [-0.15, -0.1) is 0 Å². The summed E-state index contributed by atoms with van der Waals surface area (Å²) < 4.78 is 28.7. The summed E-state index contributed by atoms with van der Waals surface area (Å²) in [6.07, 6.45) is 2.75. The molecule has 4 nitrogen and oxygen atoms in total. The Labute approximate surface area is 211 Å². The highest BCUT2D eigenvalue weighted by Gasteiger charge is 2.35. The maximum Gasteiger partial charge on any atom is 0.255 e. The van der Waals surface area contributed by atoms with Gasteiger partial charge >= 0.3 is 0 Å². The van der Waals surface area contributed by atoms with Crippen LogP contribution >= 0.6 is 0 Å². The molecule has 1 unspecified atom stereocenters. The monoisotopic (exact) mass is 490 g/mol. The van der Waals surface area contributed by atoms with Crippen LogP contribution in [0.4, 0.5) is 8.78 Å². The van der Waals surface area contributed by atoms with Gasteiger partial charge in [0, 0.05) is 24.7 Å². The largest absolute Gasteiger partial charge is 0.507 e. The second-order valence-corrected chi connectivity index (χ2v) is 10.5. The molecule has 0 radical (unpaired) electrons. The summed E-state index contributed by atoms with van der Waals surface area (Å²) in [5.41, 5.74) is 2.17. The number of carbonyl (C=O) groups excluding carboxylic acids is 1. The number of nitrogens with zero attached hydrogens (tertiary/aromatic N) is 1. The third kappa shape index (κ3) is 6.00. The number of rotatable bonds is 7. The van der Waals surface area contributed by atoms with Crippen LogP contribution in [0.2, 0.25) is 0 Å². The van der Waals surface area contributed by atoms with E-state index in [1.807, 2.05) is 36.4 Å². The number of phenolic OH excluding ortho intramolecular Hbond substituents is 1. The van der Waals surface area contributed by atoms with Crippen LogP contribution in [0.3, 0.4) is 0 Å². The summed E-state index contributed by atoms with van der Waals surface area (Å²) in [5, 5.41) is 13.1. The van der Waals surface area contributed by atoms with Gasteiger partial charge in [0.2, 0.25) is 0 Å². The first-order valence-corrected chi connectivity index (χ1v) is 12.2. The normalized spacial score (nSPS) is 17.0. The lowest BCUT2D eigenvalue weighted by molar-refractivity contribution is 0.0908. The maximum absolute atomic E-state index is 14.7. The van der Waals surface area contributed by atoms with Crippen LogP contribution < -0.4 is 5.32 Å². The number of nitrogens with one attached hydrogen (secondary N) is 1. The summed E-state index contributed by atoms with van der Waals surface area (Å²) in [7, 11) is 0. The van der Waals surface area contributed by atoms with Gasteiger partial charge in [0.1, 0.15) is 17.4 Å². The lowest BCUT2D eigenvalue weighted by Gasteiger charge is -2.37. The fraction of sp³-hybridized carbons (Fsp3) is 0.300. The van der Waals surface area contributed by atoms with Crippen molar-refractivity contribution >= 4 is 11.5 Å². The van der Waals surface area contributed by atoms with Gasteiger partial charge < -0.3 is 10.4 Å². The lowest BCUT2D eigenvalue weighted by Crippen LogP contribution is -2.46. The van der Waals surface area contributed by atoms with E-state index in [1.165, 1.54) is 12.1 Å². The zero-order valence-corrected chi connectivity index (χ0v) is 20.8. The van der Waals surface area contributed by atoms with Gasteiger partial charge in [-0.1, -0.05) is 69.3 Å². The van der Waals surface area contributed by atoms with E-state index in [9.17, 15) is 18.7 Å². The molecule has 0 aliphatic carbocycles. The molecule has 0 saturated heterocycles. The van der Waals surface area contributed by atoms with Crippen LogP contribution in [0.15, 0.2) is 78.9 Å². The van der Waals surface area contributed by atoms with Crippen molar-refractivity contribution in [2.24, 2.45) is 5.41 Å². The zero-order chi connectivity index (χ0) is 25.9. The number of phenols is 1. The molecule has 1 aliphatic rings. The van der Waals surface area contributed by atoms with E-state index < -0.39 is 11.6 Å². The average molecular weight is 491 g/mol. The number of carbonyl (C=O) groups is 1. The van der Waals surface area contributed by atoms with Crippen LogP contribution in [0, 0.1) is 17.0 Å². The molecule has 6 heteroatoms. The summed E-state index contributed by atoms with van der Waals surface area (Å²) >= 11 is 0. The second-order valence-electron chi connectivity index (χ2n) is 10.5. The van der Waals surface area contributed by atoms with E-state index in [-0.39, 0.29) is 40.3 Å². The molecule has 2 N–H and O–H groups in total. The summed E-state index contributed by atoms with van der Waals surface area (Å²) in [6.45, 7) is 7.16. The smallest absolute Gasteiger partial charge is 0.255 e. The number of para-hydroxylation sites is 1. The van der Waals surface area contributed by atoms with Gasteiger partial charge in [0.25, 0.3) is 5.91 Å². The molecule has 1 aliphatic heterocycles. The number of aromatic hydroxyl groups is 1. The highest BCUT2D eigenvalue weighted by molar-refractivity contribution is 5.96. The Morgan fingerprint density at radius 1 is 1.06 bits per heavy atom. The second kappa shape index (κ2) is 10.6.